The molecule has 0 atom stereocenters. The molecule has 0 amide bonds. The van der Waals surface area contributed by atoms with Gasteiger partial charge in [0, 0.05) is 10.9 Å². The van der Waals surface area contributed by atoms with E-state index in [0.717, 1.165) is 16.3 Å². The standard InChI is InChI=1S/C10H7ClFNS/c11-5-10-13-9(6-14-10)7-1-3-8(12)4-2-7/h1-4,6H,5H2. The molecular formula is C10H7ClFNS. The second-order valence-corrected chi connectivity index (χ2v) is 3.98. The number of aromatic nitrogens is 1. The van der Waals surface area contributed by atoms with Crippen LogP contribution in [-0.2, 0) is 5.88 Å². The Balaban J connectivity index is 2.34. The normalized spacial score (nSPS) is 10.4. The maximum absolute atomic E-state index is 12.6. The van der Waals surface area contributed by atoms with Gasteiger partial charge >= 0.3 is 0 Å². The Kier molecular flexibility index (Phi) is 2.79. The first-order valence-corrected chi connectivity index (χ1v) is 5.47. The highest BCUT2D eigenvalue weighted by atomic mass is 35.5. The minimum absolute atomic E-state index is 0.235. The van der Waals surface area contributed by atoms with Crippen molar-refractivity contribution in [3.63, 3.8) is 0 Å². The average molecular weight is 228 g/mol. The number of halogens is 2. The zero-order valence-electron chi connectivity index (χ0n) is 7.21. The molecular weight excluding hydrogens is 221 g/mol. The molecule has 2 rings (SSSR count). The van der Waals surface area contributed by atoms with Gasteiger partial charge in [-0.3, -0.25) is 0 Å². The van der Waals surface area contributed by atoms with Gasteiger partial charge in [0.25, 0.3) is 0 Å². The van der Waals surface area contributed by atoms with Crippen molar-refractivity contribution in [2.75, 3.05) is 0 Å². The monoisotopic (exact) mass is 227 g/mol. The lowest BCUT2D eigenvalue weighted by molar-refractivity contribution is 0.628. The minimum Gasteiger partial charge on any atom is -0.240 e. The number of alkyl halides is 1. The van der Waals surface area contributed by atoms with Crippen molar-refractivity contribution in [2.45, 2.75) is 5.88 Å². The van der Waals surface area contributed by atoms with Gasteiger partial charge in [-0.15, -0.1) is 22.9 Å². The lowest BCUT2D eigenvalue weighted by Gasteiger charge is -1.94. The van der Waals surface area contributed by atoms with E-state index in [0.29, 0.717) is 5.88 Å². The van der Waals surface area contributed by atoms with Crippen LogP contribution < -0.4 is 0 Å². The quantitative estimate of drug-likeness (QED) is 0.713. The van der Waals surface area contributed by atoms with Crippen LogP contribution in [0.15, 0.2) is 29.6 Å². The third-order valence-corrected chi connectivity index (χ3v) is 3.07. The van der Waals surface area contributed by atoms with Gasteiger partial charge in [0.15, 0.2) is 0 Å². The molecule has 0 bridgehead atoms. The van der Waals surface area contributed by atoms with Gasteiger partial charge < -0.3 is 0 Å². The van der Waals surface area contributed by atoms with Crippen LogP contribution in [-0.4, -0.2) is 4.98 Å². The van der Waals surface area contributed by atoms with Crippen LogP contribution in [0.25, 0.3) is 11.3 Å². The predicted molar refractivity (Wildman–Crippen MR) is 57.1 cm³/mol. The van der Waals surface area contributed by atoms with Crippen molar-refractivity contribution in [1.82, 2.24) is 4.98 Å². The van der Waals surface area contributed by atoms with E-state index >= 15 is 0 Å². The van der Waals surface area contributed by atoms with Crippen LogP contribution >= 0.6 is 22.9 Å². The Morgan fingerprint density at radius 2 is 2.00 bits per heavy atom. The lowest BCUT2D eigenvalue weighted by Crippen LogP contribution is -1.80. The fourth-order valence-electron chi connectivity index (χ4n) is 1.13. The second-order valence-electron chi connectivity index (χ2n) is 2.77. The smallest absolute Gasteiger partial charge is 0.123 e. The molecule has 72 valence electrons. The Morgan fingerprint density at radius 3 is 2.57 bits per heavy atom. The molecule has 0 fully saturated rings. The van der Waals surface area contributed by atoms with Crippen LogP contribution in [0.5, 0.6) is 0 Å². The highest BCUT2D eigenvalue weighted by Crippen LogP contribution is 2.22. The zero-order valence-corrected chi connectivity index (χ0v) is 8.78. The molecule has 0 saturated heterocycles. The summed E-state index contributed by atoms with van der Waals surface area (Å²) in [6.07, 6.45) is 0. The van der Waals surface area contributed by atoms with Crippen molar-refractivity contribution in [3.05, 3.63) is 40.5 Å². The van der Waals surface area contributed by atoms with E-state index < -0.39 is 0 Å². The number of hydrogen-bond acceptors (Lipinski definition) is 2. The fourth-order valence-corrected chi connectivity index (χ4v) is 2.02. The van der Waals surface area contributed by atoms with Crippen molar-refractivity contribution in [3.8, 4) is 11.3 Å². The zero-order chi connectivity index (χ0) is 9.97. The van der Waals surface area contributed by atoms with Gasteiger partial charge in [-0.1, -0.05) is 0 Å². The minimum atomic E-state index is -0.235. The summed E-state index contributed by atoms with van der Waals surface area (Å²) < 4.78 is 12.6. The molecule has 1 heterocycles. The van der Waals surface area contributed by atoms with Crippen molar-refractivity contribution >= 4 is 22.9 Å². The van der Waals surface area contributed by atoms with E-state index in [4.69, 9.17) is 11.6 Å². The highest BCUT2D eigenvalue weighted by Gasteiger charge is 2.03. The molecule has 0 aliphatic rings. The van der Waals surface area contributed by atoms with Gasteiger partial charge in [-0.25, -0.2) is 9.37 Å². The van der Waals surface area contributed by atoms with E-state index in [1.807, 2.05) is 5.38 Å². The number of nitrogens with zero attached hydrogens (tertiary/aromatic N) is 1. The SMILES string of the molecule is Fc1ccc(-c2csc(CCl)n2)cc1. The molecule has 14 heavy (non-hydrogen) atoms. The summed E-state index contributed by atoms with van der Waals surface area (Å²) in [6, 6.07) is 6.27. The fraction of sp³-hybridized carbons (Fsp3) is 0.100. The number of hydrogen-bond donors (Lipinski definition) is 0. The third-order valence-electron chi connectivity index (χ3n) is 1.81. The summed E-state index contributed by atoms with van der Waals surface area (Å²) in [7, 11) is 0. The first-order chi connectivity index (χ1) is 6.79. The van der Waals surface area contributed by atoms with E-state index in [1.54, 1.807) is 12.1 Å². The maximum atomic E-state index is 12.6. The topological polar surface area (TPSA) is 12.9 Å². The van der Waals surface area contributed by atoms with E-state index in [-0.39, 0.29) is 5.82 Å². The Hall–Kier alpha value is -0.930. The van der Waals surface area contributed by atoms with Gasteiger partial charge in [0.2, 0.25) is 0 Å². The van der Waals surface area contributed by atoms with Crippen molar-refractivity contribution in [2.24, 2.45) is 0 Å². The summed E-state index contributed by atoms with van der Waals surface area (Å²) in [5.74, 6) is 0.188. The molecule has 0 saturated carbocycles. The summed E-state index contributed by atoms with van der Waals surface area (Å²) in [5.41, 5.74) is 1.77. The maximum Gasteiger partial charge on any atom is 0.123 e. The highest BCUT2D eigenvalue weighted by molar-refractivity contribution is 7.10. The first kappa shape index (κ1) is 9.62. The third kappa shape index (κ3) is 1.94. The molecule has 0 aliphatic carbocycles. The molecule has 0 aliphatic heterocycles. The molecule has 4 heteroatoms. The molecule has 0 N–H and O–H groups in total. The molecule has 0 unspecified atom stereocenters. The van der Waals surface area contributed by atoms with Gasteiger partial charge in [-0.2, -0.15) is 0 Å². The number of thiazole rings is 1. The Bertz CT molecular complexity index is 424. The number of rotatable bonds is 2. The average Bonchev–Trinajstić information content (AvgIpc) is 2.67. The molecule has 1 aromatic carbocycles. The molecule has 0 spiro atoms. The van der Waals surface area contributed by atoms with Gasteiger partial charge in [0.05, 0.1) is 11.6 Å². The largest absolute Gasteiger partial charge is 0.240 e. The summed E-state index contributed by atoms with van der Waals surface area (Å²) in [5, 5.41) is 2.80. The predicted octanol–water partition coefficient (Wildman–Crippen LogP) is 3.69. The van der Waals surface area contributed by atoms with Crippen molar-refractivity contribution < 1.29 is 4.39 Å². The van der Waals surface area contributed by atoms with Gasteiger partial charge in [0.1, 0.15) is 10.8 Å². The lowest BCUT2D eigenvalue weighted by atomic mass is 10.2. The van der Waals surface area contributed by atoms with Gasteiger partial charge in [-0.05, 0) is 24.3 Å². The van der Waals surface area contributed by atoms with Crippen LogP contribution in [0.3, 0.4) is 0 Å². The van der Waals surface area contributed by atoms with E-state index in [9.17, 15) is 4.39 Å². The molecule has 1 nitrogen and oxygen atoms in total. The van der Waals surface area contributed by atoms with E-state index in [2.05, 4.69) is 4.98 Å². The van der Waals surface area contributed by atoms with E-state index in [1.165, 1.54) is 23.5 Å². The Morgan fingerprint density at radius 1 is 1.29 bits per heavy atom. The van der Waals surface area contributed by atoms with Crippen LogP contribution in [0, 0.1) is 5.82 Å². The van der Waals surface area contributed by atoms with Crippen LogP contribution in [0.1, 0.15) is 5.01 Å². The molecule has 1 aromatic heterocycles. The molecule has 0 radical (unpaired) electrons. The van der Waals surface area contributed by atoms with Crippen molar-refractivity contribution in [1.29, 1.82) is 0 Å². The Labute approximate surface area is 90.2 Å². The first-order valence-electron chi connectivity index (χ1n) is 4.06. The second kappa shape index (κ2) is 4.07. The van der Waals surface area contributed by atoms with Crippen LogP contribution in [0.2, 0.25) is 0 Å². The summed E-state index contributed by atoms with van der Waals surface area (Å²) >= 11 is 7.15. The number of benzene rings is 1. The summed E-state index contributed by atoms with van der Waals surface area (Å²) in [6.45, 7) is 0. The molecule has 2 aromatic rings. The van der Waals surface area contributed by atoms with Crippen LogP contribution in [0.4, 0.5) is 4.39 Å². The summed E-state index contributed by atoms with van der Waals surface area (Å²) in [4.78, 5) is 4.29.